The first-order valence-electron chi connectivity index (χ1n) is 9.96. The van der Waals surface area contributed by atoms with E-state index in [2.05, 4.69) is 39.4 Å². The second-order valence-electron chi connectivity index (χ2n) is 7.35. The van der Waals surface area contributed by atoms with Gasteiger partial charge in [0.1, 0.15) is 5.65 Å². The summed E-state index contributed by atoms with van der Waals surface area (Å²) in [5, 5.41) is 8.77. The Hall–Kier alpha value is -2.93. The van der Waals surface area contributed by atoms with Gasteiger partial charge in [-0.1, -0.05) is 0 Å². The Morgan fingerprint density at radius 2 is 2.14 bits per heavy atom. The molecule has 0 aliphatic heterocycles. The van der Waals surface area contributed by atoms with Gasteiger partial charge < -0.3 is 15.0 Å². The number of nitrogens with zero attached hydrogens (tertiary/aromatic N) is 4. The van der Waals surface area contributed by atoms with Crippen molar-refractivity contribution in [3.05, 3.63) is 43.0 Å². The number of nitrogens with one attached hydrogen (secondary N) is 2. The van der Waals surface area contributed by atoms with E-state index in [1.54, 1.807) is 6.20 Å². The molecule has 1 saturated carbocycles. The first-order chi connectivity index (χ1) is 13.8. The molecule has 4 heterocycles. The Bertz CT molecular complexity index is 1090. The zero-order valence-electron chi connectivity index (χ0n) is 15.9. The quantitative estimate of drug-likeness (QED) is 0.550. The number of aromatic nitrogens is 5. The van der Waals surface area contributed by atoms with E-state index in [0.29, 0.717) is 18.1 Å². The molecule has 4 aromatic heterocycles. The fourth-order valence-corrected chi connectivity index (χ4v) is 4.10. The van der Waals surface area contributed by atoms with Crippen LogP contribution in [0.5, 0.6) is 0 Å². The van der Waals surface area contributed by atoms with Crippen LogP contribution in [0.4, 0.5) is 5.95 Å². The average molecular weight is 376 g/mol. The van der Waals surface area contributed by atoms with E-state index < -0.39 is 0 Å². The van der Waals surface area contributed by atoms with Gasteiger partial charge in [0, 0.05) is 48.4 Å². The minimum Gasteiger partial charge on any atom is -0.379 e. The third-order valence-corrected chi connectivity index (χ3v) is 5.55. The van der Waals surface area contributed by atoms with E-state index in [-0.39, 0.29) is 0 Å². The lowest BCUT2D eigenvalue weighted by Gasteiger charge is -2.28. The van der Waals surface area contributed by atoms with Gasteiger partial charge in [0.2, 0.25) is 5.95 Å². The van der Waals surface area contributed by atoms with Crippen LogP contribution >= 0.6 is 0 Å². The van der Waals surface area contributed by atoms with Gasteiger partial charge in [-0.05, 0) is 56.4 Å². The molecule has 1 aliphatic rings. The van der Waals surface area contributed by atoms with Crippen LogP contribution in [0, 0.1) is 0 Å². The first kappa shape index (κ1) is 17.2. The average Bonchev–Trinajstić information content (AvgIpc) is 3.35. The zero-order valence-corrected chi connectivity index (χ0v) is 15.9. The summed E-state index contributed by atoms with van der Waals surface area (Å²) in [4.78, 5) is 12.6. The van der Waals surface area contributed by atoms with E-state index >= 15 is 0 Å². The molecular weight excluding hydrogens is 352 g/mol. The lowest BCUT2D eigenvalue weighted by Crippen LogP contribution is -2.30. The summed E-state index contributed by atoms with van der Waals surface area (Å²) in [6, 6.07) is 6.59. The van der Waals surface area contributed by atoms with Gasteiger partial charge in [-0.25, -0.2) is 9.50 Å². The predicted molar refractivity (Wildman–Crippen MR) is 109 cm³/mol. The van der Waals surface area contributed by atoms with E-state index in [0.717, 1.165) is 60.0 Å². The molecule has 0 saturated heterocycles. The minimum atomic E-state index is 0.408. The molecule has 0 aromatic carbocycles. The highest BCUT2D eigenvalue weighted by atomic mass is 16.5. The predicted octanol–water partition coefficient (Wildman–Crippen LogP) is 4.03. The van der Waals surface area contributed by atoms with Crippen molar-refractivity contribution >= 4 is 22.5 Å². The molecule has 0 radical (unpaired) electrons. The van der Waals surface area contributed by atoms with Gasteiger partial charge in [-0.15, -0.1) is 0 Å². The van der Waals surface area contributed by atoms with E-state index in [4.69, 9.17) is 9.72 Å². The number of hydrogen-bond donors (Lipinski definition) is 2. The van der Waals surface area contributed by atoms with Crippen LogP contribution in [0.25, 0.3) is 27.7 Å². The lowest BCUT2D eigenvalue weighted by molar-refractivity contribution is 0.0346. The van der Waals surface area contributed by atoms with Crippen molar-refractivity contribution in [2.24, 2.45) is 0 Å². The van der Waals surface area contributed by atoms with Gasteiger partial charge in [0.25, 0.3) is 0 Å². The summed E-state index contributed by atoms with van der Waals surface area (Å²) in [5.74, 6) is 0.687. The third kappa shape index (κ3) is 3.22. The number of aromatic amines is 1. The Morgan fingerprint density at radius 1 is 1.25 bits per heavy atom. The Balaban J connectivity index is 1.35. The third-order valence-electron chi connectivity index (χ3n) is 5.55. The normalized spacial score (nSPS) is 20.0. The Morgan fingerprint density at radius 3 is 3.00 bits per heavy atom. The molecule has 4 aromatic rings. The summed E-state index contributed by atoms with van der Waals surface area (Å²) in [7, 11) is 0. The number of pyridine rings is 1. The number of anilines is 1. The van der Waals surface area contributed by atoms with Crippen LogP contribution in [0.3, 0.4) is 0 Å². The first-order valence-corrected chi connectivity index (χ1v) is 9.96. The molecule has 7 nitrogen and oxygen atoms in total. The summed E-state index contributed by atoms with van der Waals surface area (Å²) in [6.07, 6.45) is 12.5. The van der Waals surface area contributed by atoms with Crippen molar-refractivity contribution in [2.75, 3.05) is 11.9 Å². The number of rotatable bonds is 5. The van der Waals surface area contributed by atoms with Crippen LogP contribution in [0.2, 0.25) is 0 Å². The van der Waals surface area contributed by atoms with Gasteiger partial charge in [-0.2, -0.15) is 10.1 Å². The molecule has 0 amide bonds. The maximum Gasteiger partial charge on any atom is 0.224 e. The van der Waals surface area contributed by atoms with E-state index in [1.807, 2.05) is 29.2 Å². The summed E-state index contributed by atoms with van der Waals surface area (Å²) in [6.45, 7) is 2.86. The van der Waals surface area contributed by atoms with Crippen LogP contribution in [0.15, 0.2) is 43.0 Å². The Kier molecular flexibility index (Phi) is 4.44. The second-order valence-corrected chi connectivity index (χ2v) is 7.35. The molecule has 28 heavy (non-hydrogen) atoms. The van der Waals surface area contributed by atoms with Crippen LogP contribution in [-0.2, 0) is 4.74 Å². The number of H-pyrrole nitrogens is 1. The standard InChI is InChI=1S/C21H24N6O/c1-2-28-17-5-3-15(4-6-17)25-21-23-13-19-18(12-22-20(19)26-21)14-8-10-27-16(11-14)7-9-24-27/h7-13,15,17H,2-6H2,1H3,(H2,22,23,25,26)/t15-,17+. The van der Waals surface area contributed by atoms with Gasteiger partial charge >= 0.3 is 0 Å². The number of fused-ring (bicyclic) bond motifs is 2. The SMILES string of the molecule is CCO[C@H]1CC[C@@H](Nc2ncc3c(-c4ccn5nccc5c4)c[nH]c3n2)CC1. The van der Waals surface area contributed by atoms with Gasteiger partial charge in [-0.3, -0.25) is 0 Å². The highest BCUT2D eigenvalue weighted by Gasteiger charge is 2.22. The van der Waals surface area contributed by atoms with E-state index in [9.17, 15) is 0 Å². The monoisotopic (exact) mass is 376 g/mol. The fraction of sp³-hybridized carbons (Fsp3) is 0.381. The van der Waals surface area contributed by atoms with Crippen LogP contribution < -0.4 is 5.32 Å². The van der Waals surface area contributed by atoms with Gasteiger partial charge in [0.05, 0.1) is 11.6 Å². The highest BCUT2D eigenvalue weighted by molar-refractivity contribution is 5.94. The molecule has 0 unspecified atom stereocenters. The molecule has 1 aliphatic carbocycles. The number of ether oxygens (including phenoxy) is 1. The fourth-order valence-electron chi connectivity index (χ4n) is 4.10. The summed E-state index contributed by atoms with van der Waals surface area (Å²) >= 11 is 0. The lowest BCUT2D eigenvalue weighted by atomic mass is 9.93. The summed E-state index contributed by atoms with van der Waals surface area (Å²) in [5.41, 5.74) is 4.14. The topological polar surface area (TPSA) is 80.1 Å². The molecule has 0 bridgehead atoms. The summed E-state index contributed by atoms with van der Waals surface area (Å²) < 4.78 is 7.59. The molecule has 1 fully saturated rings. The zero-order chi connectivity index (χ0) is 18.9. The largest absolute Gasteiger partial charge is 0.379 e. The van der Waals surface area contributed by atoms with Crippen molar-refractivity contribution in [3.63, 3.8) is 0 Å². The van der Waals surface area contributed by atoms with Crippen molar-refractivity contribution in [2.45, 2.75) is 44.8 Å². The highest BCUT2D eigenvalue weighted by Crippen LogP contribution is 2.29. The smallest absolute Gasteiger partial charge is 0.224 e. The molecule has 0 spiro atoms. The number of hydrogen-bond acceptors (Lipinski definition) is 5. The van der Waals surface area contributed by atoms with E-state index in [1.165, 1.54) is 0 Å². The molecule has 7 heteroatoms. The minimum absolute atomic E-state index is 0.408. The van der Waals surface area contributed by atoms with Crippen molar-refractivity contribution < 1.29 is 4.74 Å². The van der Waals surface area contributed by atoms with Crippen molar-refractivity contribution in [1.82, 2.24) is 24.6 Å². The molecule has 144 valence electrons. The van der Waals surface area contributed by atoms with Crippen LogP contribution in [-0.4, -0.2) is 43.3 Å². The molecule has 0 atom stereocenters. The van der Waals surface area contributed by atoms with Crippen molar-refractivity contribution in [1.29, 1.82) is 0 Å². The molecule has 5 rings (SSSR count). The molecule has 2 N–H and O–H groups in total. The maximum absolute atomic E-state index is 5.74. The second kappa shape index (κ2) is 7.24. The van der Waals surface area contributed by atoms with Crippen molar-refractivity contribution in [3.8, 4) is 11.1 Å². The van der Waals surface area contributed by atoms with Crippen LogP contribution in [0.1, 0.15) is 32.6 Å². The van der Waals surface area contributed by atoms with Gasteiger partial charge in [0.15, 0.2) is 0 Å². The molecular formula is C21H24N6O. The Labute approximate surface area is 163 Å². The maximum atomic E-state index is 5.74.